The van der Waals surface area contributed by atoms with Crippen LogP contribution in [0, 0.1) is 13.8 Å². The lowest BCUT2D eigenvalue weighted by Crippen LogP contribution is -2.40. The van der Waals surface area contributed by atoms with Crippen molar-refractivity contribution in [3.63, 3.8) is 0 Å². The summed E-state index contributed by atoms with van der Waals surface area (Å²) in [6.07, 6.45) is 1.78. The minimum absolute atomic E-state index is 0.111. The molecule has 9 heteroatoms. The van der Waals surface area contributed by atoms with Crippen LogP contribution < -0.4 is 14.5 Å². The molecule has 0 atom stereocenters. The number of nitrogens with zero attached hydrogens (tertiary/aromatic N) is 2. The highest BCUT2D eigenvalue weighted by Gasteiger charge is 2.28. The summed E-state index contributed by atoms with van der Waals surface area (Å²) in [6, 6.07) is 20.9. The fraction of sp³-hybridized carbons (Fsp3) is 0.231. The van der Waals surface area contributed by atoms with Gasteiger partial charge in [0.25, 0.3) is 15.9 Å². The van der Waals surface area contributed by atoms with Gasteiger partial charge in [0.2, 0.25) is 0 Å². The summed E-state index contributed by atoms with van der Waals surface area (Å²) in [5.41, 5.74) is 5.39. The molecular weight excluding hydrogens is 482 g/mol. The number of nitrogens with one attached hydrogen (secondary N) is 1. The van der Waals surface area contributed by atoms with Gasteiger partial charge in [-0.1, -0.05) is 30.3 Å². The number of hydrogen-bond donors (Lipinski definition) is 1. The Morgan fingerprint density at radius 2 is 1.77 bits per heavy atom. The van der Waals surface area contributed by atoms with Crippen LogP contribution in [0.1, 0.15) is 16.7 Å². The van der Waals surface area contributed by atoms with E-state index >= 15 is 0 Å². The van der Waals surface area contributed by atoms with Gasteiger partial charge in [-0.25, -0.2) is 13.8 Å². The third kappa shape index (κ3) is 6.04. The van der Waals surface area contributed by atoms with Crippen molar-refractivity contribution >= 4 is 39.6 Å². The van der Waals surface area contributed by atoms with E-state index in [2.05, 4.69) is 10.5 Å². The predicted molar refractivity (Wildman–Crippen MR) is 141 cm³/mol. The summed E-state index contributed by atoms with van der Waals surface area (Å²) < 4.78 is 33.9. The van der Waals surface area contributed by atoms with Gasteiger partial charge in [-0.15, -0.1) is 0 Å². The molecule has 3 aromatic rings. The first-order chi connectivity index (χ1) is 16.8. The molecule has 3 aromatic carbocycles. The maximum Gasteiger partial charge on any atom is 0.264 e. The first-order valence-electron chi connectivity index (χ1n) is 11.1. The van der Waals surface area contributed by atoms with Gasteiger partial charge < -0.3 is 4.74 Å². The summed E-state index contributed by atoms with van der Waals surface area (Å²) in [4.78, 5) is 12.9. The Bertz CT molecular complexity index is 1310. The average Bonchev–Trinajstić information content (AvgIpc) is 2.83. The van der Waals surface area contributed by atoms with Crippen molar-refractivity contribution in [2.24, 2.45) is 5.10 Å². The smallest absolute Gasteiger partial charge is 0.264 e. The van der Waals surface area contributed by atoms with E-state index in [1.165, 1.54) is 18.3 Å². The van der Waals surface area contributed by atoms with Crippen molar-refractivity contribution < 1.29 is 17.9 Å². The zero-order chi connectivity index (χ0) is 24.8. The number of rotatable bonds is 9. The molecule has 35 heavy (non-hydrogen) atoms. The molecule has 1 aliphatic heterocycles. The summed E-state index contributed by atoms with van der Waals surface area (Å²) in [6.45, 7) is 3.33. The molecular formula is C26H27N3O4S2. The molecule has 1 saturated heterocycles. The molecule has 0 saturated carbocycles. The number of thioether (sulfide) groups is 1. The van der Waals surface area contributed by atoms with Crippen LogP contribution >= 0.6 is 11.8 Å². The maximum atomic E-state index is 13.5. The molecule has 4 rings (SSSR count). The number of sulfonamides is 1. The Balaban J connectivity index is 1.47. The number of carbonyl (C=O) groups is 1. The van der Waals surface area contributed by atoms with Crippen molar-refractivity contribution in [2.45, 2.75) is 24.8 Å². The highest BCUT2D eigenvalue weighted by molar-refractivity contribution is 8.00. The van der Waals surface area contributed by atoms with Crippen LogP contribution in [0.4, 0.5) is 5.69 Å². The number of hydrogen-bond acceptors (Lipinski definition) is 6. The number of benzene rings is 3. The molecule has 1 fully saturated rings. The maximum absolute atomic E-state index is 13.5. The molecule has 0 aromatic heterocycles. The van der Waals surface area contributed by atoms with E-state index in [-0.39, 0.29) is 11.0 Å². The van der Waals surface area contributed by atoms with E-state index in [1.54, 1.807) is 30.3 Å². The quantitative estimate of drug-likeness (QED) is 0.346. The second-order valence-corrected chi connectivity index (χ2v) is 11.1. The first-order valence-corrected chi connectivity index (χ1v) is 13.7. The van der Waals surface area contributed by atoms with Gasteiger partial charge in [-0.3, -0.25) is 9.10 Å². The standard InChI is InChI=1S/C26H27N3O4S2/c1-19-7-6-10-25(20(19)2)29(35(31,32)24-8-4-3-5-9-24)16-26(30)28-27-15-21-11-13-22(14-12-21)33-23-17-34-18-23/h3-15,23H,16-18H2,1-2H3,(H,28,30)/b27-15+. The second-order valence-electron chi connectivity index (χ2n) is 8.18. The molecule has 0 bridgehead atoms. The molecule has 0 aliphatic carbocycles. The van der Waals surface area contributed by atoms with Crippen LogP contribution in [0.3, 0.4) is 0 Å². The summed E-state index contributed by atoms with van der Waals surface area (Å²) in [5.74, 6) is 2.26. The molecule has 1 N–H and O–H groups in total. The number of aryl methyl sites for hydroxylation is 1. The van der Waals surface area contributed by atoms with E-state index in [1.807, 2.05) is 55.9 Å². The lowest BCUT2D eigenvalue weighted by atomic mass is 10.1. The largest absolute Gasteiger partial charge is 0.489 e. The third-order valence-corrected chi connectivity index (χ3v) is 8.65. The Kier molecular flexibility index (Phi) is 7.77. The van der Waals surface area contributed by atoms with Crippen LogP contribution in [-0.4, -0.2) is 44.7 Å². The van der Waals surface area contributed by atoms with Crippen LogP contribution in [0.25, 0.3) is 0 Å². The van der Waals surface area contributed by atoms with Crippen LogP contribution in [-0.2, 0) is 14.8 Å². The topological polar surface area (TPSA) is 88.1 Å². The summed E-state index contributed by atoms with van der Waals surface area (Å²) in [5, 5.41) is 4.01. The minimum atomic E-state index is -3.97. The Hall–Kier alpha value is -3.30. The highest BCUT2D eigenvalue weighted by atomic mass is 32.2. The normalized spacial score (nSPS) is 13.9. The molecule has 0 spiro atoms. The molecule has 0 radical (unpaired) electrons. The van der Waals surface area contributed by atoms with Gasteiger partial charge in [0.05, 0.1) is 16.8 Å². The van der Waals surface area contributed by atoms with Crippen LogP contribution in [0.5, 0.6) is 5.75 Å². The van der Waals surface area contributed by atoms with Crippen molar-refractivity contribution in [2.75, 3.05) is 22.4 Å². The van der Waals surface area contributed by atoms with E-state index in [9.17, 15) is 13.2 Å². The Labute approximate surface area is 210 Å². The summed E-state index contributed by atoms with van der Waals surface area (Å²) in [7, 11) is -3.97. The van der Waals surface area contributed by atoms with Crippen molar-refractivity contribution in [1.82, 2.24) is 5.43 Å². The number of hydrazone groups is 1. The molecule has 0 unspecified atom stereocenters. The van der Waals surface area contributed by atoms with Gasteiger partial charge in [0.1, 0.15) is 18.4 Å². The van der Waals surface area contributed by atoms with Crippen LogP contribution in [0.2, 0.25) is 0 Å². The Morgan fingerprint density at radius 1 is 1.06 bits per heavy atom. The van der Waals surface area contributed by atoms with E-state index in [4.69, 9.17) is 4.74 Å². The first kappa shape index (κ1) is 24.8. The molecule has 1 amide bonds. The van der Waals surface area contributed by atoms with Gasteiger partial charge in [-0.05, 0) is 73.0 Å². The number of ether oxygens (including phenoxy) is 1. The predicted octanol–water partition coefficient (Wildman–Crippen LogP) is 4.14. The van der Waals surface area contributed by atoms with Gasteiger partial charge in [0.15, 0.2) is 0 Å². The SMILES string of the molecule is Cc1cccc(N(CC(=O)N/N=C/c2ccc(OC3CSC3)cc2)S(=O)(=O)c2ccccc2)c1C. The van der Waals surface area contributed by atoms with E-state index < -0.39 is 22.5 Å². The number of amides is 1. The van der Waals surface area contributed by atoms with Gasteiger partial charge in [-0.2, -0.15) is 16.9 Å². The van der Waals surface area contributed by atoms with Crippen LogP contribution in [0.15, 0.2) is 82.8 Å². The zero-order valence-electron chi connectivity index (χ0n) is 19.5. The lowest BCUT2D eigenvalue weighted by Gasteiger charge is -2.26. The molecule has 1 aliphatic rings. The van der Waals surface area contributed by atoms with E-state index in [0.717, 1.165) is 38.3 Å². The lowest BCUT2D eigenvalue weighted by molar-refractivity contribution is -0.119. The third-order valence-electron chi connectivity index (χ3n) is 5.66. The molecule has 7 nitrogen and oxygen atoms in total. The minimum Gasteiger partial charge on any atom is -0.489 e. The number of anilines is 1. The molecule has 1 heterocycles. The monoisotopic (exact) mass is 509 g/mol. The number of carbonyl (C=O) groups excluding carboxylic acids is 1. The Morgan fingerprint density at radius 3 is 2.43 bits per heavy atom. The zero-order valence-corrected chi connectivity index (χ0v) is 21.2. The van der Waals surface area contributed by atoms with Crippen molar-refractivity contribution in [3.05, 3.63) is 89.5 Å². The van der Waals surface area contributed by atoms with Crippen molar-refractivity contribution in [1.29, 1.82) is 0 Å². The summed E-state index contributed by atoms with van der Waals surface area (Å²) >= 11 is 1.86. The molecule has 182 valence electrons. The van der Waals surface area contributed by atoms with Crippen molar-refractivity contribution in [3.8, 4) is 5.75 Å². The fourth-order valence-corrected chi connectivity index (χ4v) is 5.54. The fourth-order valence-electron chi connectivity index (χ4n) is 3.48. The van der Waals surface area contributed by atoms with E-state index in [0.29, 0.717) is 5.69 Å². The second kappa shape index (κ2) is 11.0. The van der Waals surface area contributed by atoms with Gasteiger partial charge in [0, 0.05) is 11.5 Å². The average molecular weight is 510 g/mol. The highest BCUT2D eigenvalue weighted by Crippen LogP contribution is 2.28. The van der Waals surface area contributed by atoms with Gasteiger partial charge >= 0.3 is 0 Å².